The maximum Gasteiger partial charge on any atom is 0.223 e. The van der Waals surface area contributed by atoms with Crippen molar-refractivity contribution < 1.29 is 15.0 Å². The van der Waals surface area contributed by atoms with Crippen LogP contribution in [0.4, 0.5) is 0 Å². The third-order valence-electron chi connectivity index (χ3n) is 1.27. The van der Waals surface area contributed by atoms with Gasteiger partial charge in [0.2, 0.25) is 5.91 Å². The number of pyridine rings is 1. The van der Waals surface area contributed by atoms with Gasteiger partial charge in [-0.15, -0.1) is 0 Å². The average molecular weight is 168 g/mol. The van der Waals surface area contributed by atoms with Crippen LogP contribution in [0, 0.1) is 0 Å². The Hall–Kier alpha value is -1.78. The topological polar surface area (TPSA) is 96.4 Å². The molecule has 0 saturated heterocycles. The first kappa shape index (κ1) is 8.32. The Kier molecular flexibility index (Phi) is 2.14. The van der Waals surface area contributed by atoms with Crippen LogP contribution in [0.1, 0.15) is 5.69 Å². The van der Waals surface area contributed by atoms with Gasteiger partial charge in [-0.05, 0) is 0 Å². The zero-order chi connectivity index (χ0) is 9.14. The molecule has 5 nitrogen and oxygen atoms in total. The SMILES string of the molecule is NC(=O)Cc1ncc(O)cc1O. The van der Waals surface area contributed by atoms with Gasteiger partial charge in [0.1, 0.15) is 11.5 Å². The van der Waals surface area contributed by atoms with E-state index in [2.05, 4.69) is 4.98 Å². The molecular formula is C7H8N2O3. The Morgan fingerprint density at radius 1 is 1.58 bits per heavy atom. The third kappa shape index (κ3) is 1.85. The van der Waals surface area contributed by atoms with Gasteiger partial charge < -0.3 is 15.9 Å². The molecule has 1 aromatic heterocycles. The highest BCUT2D eigenvalue weighted by molar-refractivity contribution is 5.76. The Bertz CT molecular complexity index is 312. The van der Waals surface area contributed by atoms with Crippen LogP contribution < -0.4 is 5.73 Å². The standard InChI is InChI=1S/C7H8N2O3/c8-7(12)2-5-6(11)1-4(10)3-9-5/h1,3,10-11H,2H2,(H2,8,12). The van der Waals surface area contributed by atoms with E-state index in [4.69, 9.17) is 15.9 Å². The molecule has 0 saturated carbocycles. The van der Waals surface area contributed by atoms with Crippen molar-refractivity contribution in [3.8, 4) is 11.5 Å². The summed E-state index contributed by atoms with van der Waals surface area (Å²) in [5.41, 5.74) is 5.05. The van der Waals surface area contributed by atoms with E-state index in [9.17, 15) is 4.79 Å². The summed E-state index contributed by atoms with van der Waals surface area (Å²) < 4.78 is 0. The van der Waals surface area contributed by atoms with Crippen molar-refractivity contribution in [2.45, 2.75) is 6.42 Å². The summed E-state index contributed by atoms with van der Waals surface area (Å²) in [6, 6.07) is 1.10. The van der Waals surface area contributed by atoms with Gasteiger partial charge in [0.15, 0.2) is 0 Å². The molecule has 12 heavy (non-hydrogen) atoms. The van der Waals surface area contributed by atoms with Crippen molar-refractivity contribution in [1.82, 2.24) is 4.98 Å². The molecular weight excluding hydrogens is 160 g/mol. The van der Waals surface area contributed by atoms with Gasteiger partial charge >= 0.3 is 0 Å². The van der Waals surface area contributed by atoms with Crippen molar-refractivity contribution in [3.05, 3.63) is 18.0 Å². The highest BCUT2D eigenvalue weighted by Gasteiger charge is 2.06. The fourth-order valence-electron chi connectivity index (χ4n) is 0.772. The van der Waals surface area contributed by atoms with E-state index in [-0.39, 0.29) is 23.6 Å². The van der Waals surface area contributed by atoms with Crippen LogP contribution in [-0.4, -0.2) is 21.1 Å². The number of aromatic nitrogens is 1. The molecule has 4 N–H and O–H groups in total. The fraction of sp³-hybridized carbons (Fsp3) is 0.143. The average Bonchev–Trinajstić information content (AvgIpc) is 1.94. The van der Waals surface area contributed by atoms with Gasteiger partial charge in [0.05, 0.1) is 18.3 Å². The van der Waals surface area contributed by atoms with Crippen LogP contribution in [0.5, 0.6) is 11.5 Å². The summed E-state index contributed by atoms with van der Waals surface area (Å²) >= 11 is 0. The van der Waals surface area contributed by atoms with E-state index < -0.39 is 5.91 Å². The smallest absolute Gasteiger partial charge is 0.223 e. The molecule has 0 bridgehead atoms. The number of rotatable bonds is 2. The highest BCUT2D eigenvalue weighted by Crippen LogP contribution is 2.19. The number of nitrogens with two attached hydrogens (primary N) is 1. The number of hydrogen-bond acceptors (Lipinski definition) is 4. The maximum atomic E-state index is 10.4. The molecule has 0 atom stereocenters. The predicted octanol–water partition coefficient (Wildman–Crippen LogP) is -0.479. The Morgan fingerprint density at radius 2 is 2.25 bits per heavy atom. The molecule has 0 radical (unpaired) electrons. The minimum atomic E-state index is -0.580. The molecule has 0 spiro atoms. The van der Waals surface area contributed by atoms with E-state index in [1.165, 1.54) is 0 Å². The predicted molar refractivity (Wildman–Crippen MR) is 40.5 cm³/mol. The Labute approximate surface area is 68.5 Å². The quantitative estimate of drug-likeness (QED) is 0.555. The van der Waals surface area contributed by atoms with E-state index in [0.29, 0.717) is 0 Å². The maximum absolute atomic E-state index is 10.4. The second kappa shape index (κ2) is 3.08. The van der Waals surface area contributed by atoms with E-state index >= 15 is 0 Å². The molecule has 0 aliphatic carbocycles. The summed E-state index contributed by atoms with van der Waals surface area (Å²) in [5.74, 6) is -0.960. The lowest BCUT2D eigenvalue weighted by molar-refractivity contribution is -0.117. The Morgan fingerprint density at radius 3 is 2.75 bits per heavy atom. The molecule has 1 aromatic rings. The lowest BCUT2D eigenvalue weighted by atomic mass is 10.2. The third-order valence-corrected chi connectivity index (χ3v) is 1.27. The number of carbonyl (C=O) groups is 1. The van der Waals surface area contributed by atoms with Gasteiger partial charge in [-0.3, -0.25) is 9.78 Å². The zero-order valence-electron chi connectivity index (χ0n) is 6.19. The first-order valence-electron chi connectivity index (χ1n) is 3.24. The fourth-order valence-corrected chi connectivity index (χ4v) is 0.772. The monoisotopic (exact) mass is 168 g/mol. The van der Waals surface area contributed by atoms with Crippen LogP contribution in [0.25, 0.3) is 0 Å². The summed E-state index contributed by atoms with van der Waals surface area (Å²) in [5, 5.41) is 17.9. The molecule has 1 heterocycles. The van der Waals surface area contributed by atoms with Crippen molar-refractivity contribution in [1.29, 1.82) is 0 Å². The van der Waals surface area contributed by atoms with Gasteiger partial charge in [-0.2, -0.15) is 0 Å². The number of aromatic hydroxyl groups is 2. The van der Waals surface area contributed by atoms with Crippen molar-refractivity contribution in [3.63, 3.8) is 0 Å². The van der Waals surface area contributed by atoms with E-state index in [0.717, 1.165) is 12.3 Å². The first-order chi connectivity index (χ1) is 5.59. The number of hydrogen-bond donors (Lipinski definition) is 3. The van der Waals surface area contributed by atoms with Crippen molar-refractivity contribution >= 4 is 5.91 Å². The van der Waals surface area contributed by atoms with Gasteiger partial charge in [-0.25, -0.2) is 0 Å². The van der Waals surface area contributed by atoms with E-state index in [1.807, 2.05) is 0 Å². The normalized spacial score (nSPS) is 9.67. The summed E-state index contributed by atoms with van der Waals surface area (Å²) in [7, 11) is 0. The second-order valence-corrected chi connectivity index (χ2v) is 2.30. The van der Waals surface area contributed by atoms with Gasteiger partial charge in [0.25, 0.3) is 0 Å². The number of amides is 1. The van der Waals surface area contributed by atoms with Crippen molar-refractivity contribution in [2.24, 2.45) is 5.73 Å². The van der Waals surface area contributed by atoms with Gasteiger partial charge in [0, 0.05) is 6.07 Å². The Balaban J connectivity index is 2.93. The minimum Gasteiger partial charge on any atom is -0.506 e. The highest BCUT2D eigenvalue weighted by atomic mass is 16.3. The van der Waals surface area contributed by atoms with Crippen LogP contribution >= 0.6 is 0 Å². The molecule has 0 aliphatic rings. The molecule has 1 amide bonds. The lowest BCUT2D eigenvalue weighted by Crippen LogP contribution is -2.14. The van der Waals surface area contributed by atoms with Crippen molar-refractivity contribution in [2.75, 3.05) is 0 Å². The molecule has 0 aliphatic heterocycles. The summed E-state index contributed by atoms with van der Waals surface area (Å²) in [4.78, 5) is 14.0. The van der Waals surface area contributed by atoms with E-state index in [1.54, 1.807) is 0 Å². The van der Waals surface area contributed by atoms with Crippen LogP contribution in [-0.2, 0) is 11.2 Å². The lowest BCUT2D eigenvalue weighted by Gasteiger charge is -2.00. The molecule has 1 rings (SSSR count). The molecule has 0 aromatic carbocycles. The van der Waals surface area contributed by atoms with Crippen LogP contribution in [0.3, 0.4) is 0 Å². The molecule has 5 heteroatoms. The number of carbonyl (C=O) groups excluding carboxylic acids is 1. The first-order valence-corrected chi connectivity index (χ1v) is 3.24. The largest absolute Gasteiger partial charge is 0.506 e. The van der Waals surface area contributed by atoms with Crippen LogP contribution in [0.2, 0.25) is 0 Å². The molecule has 64 valence electrons. The van der Waals surface area contributed by atoms with Crippen LogP contribution in [0.15, 0.2) is 12.3 Å². The summed E-state index contributed by atoms with van der Waals surface area (Å²) in [6.07, 6.45) is 1.00. The van der Waals surface area contributed by atoms with Gasteiger partial charge in [-0.1, -0.05) is 0 Å². The minimum absolute atomic E-state index is 0.133. The molecule has 0 fully saturated rings. The zero-order valence-corrected chi connectivity index (χ0v) is 6.19. The number of nitrogens with zero attached hydrogens (tertiary/aromatic N) is 1. The summed E-state index contributed by atoms with van der Waals surface area (Å²) in [6.45, 7) is 0. The second-order valence-electron chi connectivity index (χ2n) is 2.30. The molecule has 0 unspecified atom stereocenters. The number of primary amides is 1.